The molecule has 1 atom stereocenters. The topological polar surface area (TPSA) is 104 Å². The molecule has 1 unspecified atom stereocenters. The summed E-state index contributed by atoms with van der Waals surface area (Å²) in [7, 11) is 0. The Bertz CT molecular complexity index is 1230. The number of ether oxygens (including phenoxy) is 2. The Hall–Kier alpha value is -3.81. The molecular weight excluding hydrogens is 382 g/mol. The maximum absolute atomic E-state index is 12.4. The number of carbonyl (C=O) groups excluding carboxylic acids is 1. The summed E-state index contributed by atoms with van der Waals surface area (Å²) in [6.07, 6.45) is 0. The first-order valence-electron chi connectivity index (χ1n) is 9.63. The summed E-state index contributed by atoms with van der Waals surface area (Å²) >= 11 is 0. The van der Waals surface area contributed by atoms with Crippen molar-refractivity contribution in [1.29, 1.82) is 0 Å². The Balaban J connectivity index is 1.66. The van der Waals surface area contributed by atoms with E-state index in [1.54, 1.807) is 4.68 Å². The largest absolute Gasteiger partial charge is 0.454 e. The molecule has 1 aromatic heterocycles. The zero-order chi connectivity index (χ0) is 21.0. The number of aryl methyl sites for hydroxylation is 2. The van der Waals surface area contributed by atoms with E-state index in [1.165, 1.54) is 5.56 Å². The predicted molar refractivity (Wildman–Crippen MR) is 111 cm³/mol. The van der Waals surface area contributed by atoms with E-state index in [9.17, 15) is 4.79 Å². The van der Waals surface area contributed by atoms with Crippen LogP contribution in [0.15, 0.2) is 47.7 Å². The fourth-order valence-corrected chi connectivity index (χ4v) is 3.86. The molecule has 3 heterocycles. The number of hydrogen-bond acceptors (Lipinski definition) is 6. The summed E-state index contributed by atoms with van der Waals surface area (Å²) in [5, 5.41) is 7.91. The van der Waals surface area contributed by atoms with Gasteiger partial charge in [0.25, 0.3) is 0 Å². The minimum absolute atomic E-state index is 0.175. The lowest BCUT2D eigenvalue weighted by atomic mass is 9.95. The molecule has 0 aliphatic carbocycles. The molecule has 0 radical (unpaired) electrons. The summed E-state index contributed by atoms with van der Waals surface area (Å²) in [6, 6.07) is 11.1. The van der Waals surface area contributed by atoms with Crippen LogP contribution in [0.5, 0.6) is 11.5 Å². The van der Waals surface area contributed by atoms with Crippen LogP contribution in [0.1, 0.15) is 29.7 Å². The van der Waals surface area contributed by atoms with Gasteiger partial charge in [0.05, 0.1) is 5.57 Å². The van der Waals surface area contributed by atoms with Gasteiger partial charge in [-0.1, -0.05) is 18.2 Å². The Morgan fingerprint density at radius 3 is 2.67 bits per heavy atom. The van der Waals surface area contributed by atoms with E-state index < -0.39 is 11.9 Å². The molecule has 2 aliphatic rings. The molecule has 0 bridgehead atoms. The lowest BCUT2D eigenvalue weighted by molar-refractivity contribution is -0.115. The number of anilines is 1. The van der Waals surface area contributed by atoms with Crippen LogP contribution >= 0.6 is 0 Å². The molecule has 30 heavy (non-hydrogen) atoms. The summed E-state index contributed by atoms with van der Waals surface area (Å²) in [6.45, 7) is 6.11. The SMILES string of the molecule is CC1=C(C(N)=O)C(c2ccc3c(c2)OCO3)n2nc(-c3ccc(C)c(C)c3)nc2N1. The maximum atomic E-state index is 12.4. The number of nitrogens with one attached hydrogen (secondary N) is 1. The van der Waals surface area contributed by atoms with Crippen LogP contribution in [-0.4, -0.2) is 27.5 Å². The molecule has 1 amide bonds. The van der Waals surface area contributed by atoms with Gasteiger partial charge in [-0.15, -0.1) is 5.10 Å². The number of primary amides is 1. The van der Waals surface area contributed by atoms with E-state index in [2.05, 4.69) is 30.2 Å². The number of hydrogen-bond donors (Lipinski definition) is 2. The van der Waals surface area contributed by atoms with Gasteiger partial charge in [0, 0.05) is 11.3 Å². The molecule has 2 aromatic carbocycles. The first-order valence-corrected chi connectivity index (χ1v) is 9.63. The van der Waals surface area contributed by atoms with Crippen LogP contribution in [0.25, 0.3) is 11.4 Å². The second kappa shape index (κ2) is 6.62. The summed E-state index contributed by atoms with van der Waals surface area (Å²) in [4.78, 5) is 17.0. The van der Waals surface area contributed by atoms with Gasteiger partial charge >= 0.3 is 0 Å². The number of carbonyl (C=O) groups is 1. The van der Waals surface area contributed by atoms with Crippen LogP contribution in [0, 0.1) is 13.8 Å². The number of benzene rings is 2. The quantitative estimate of drug-likeness (QED) is 0.697. The molecule has 0 spiro atoms. The minimum atomic E-state index is -0.527. The van der Waals surface area contributed by atoms with Crippen LogP contribution in [0.2, 0.25) is 0 Å². The second-order valence-electron chi connectivity index (χ2n) is 7.55. The average molecular weight is 403 g/mol. The molecule has 3 aromatic rings. The third-order valence-corrected chi connectivity index (χ3v) is 5.60. The second-order valence-corrected chi connectivity index (χ2v) is 7.55. The average Bonchev–Trinajstić information content (AvgIpc) is 3.34. The molecule has 8 nitrogen and oxygen atoms in total. The number of allylic oxidation sites excluding steroid dienone is 1. The van der Waals surface area contributed by atoms with E-state index >= 15 is 0 Å². The highest BCUT2D eigenvalue weighted by Crippen LogP contribution is 2.40. The van der Waals surface area contributed by atoms with Crippen LogP contribution in [0.3, 0.4) is 0 Å². The van der Waals surface area contributed by atoms with Crippen LogP contribution in [-0.2, 0) is 4.79 Å². The number of fused-ring (bicyclic) bond motifs is 2. The van der Waals surface area contributed by atoms with E-state index in [4.69, 9.17) is 20.3 Å². The molecule has 8 heteroatoms. The first kappa shape index (κ1) is 18.2. The highest BCUT2D eigenvalue weighted by Gasteiger charge is 2.34. The molecule has 0 saturated heterocycles. The normalized spacial score (nSPS) is 17.0. The number of aromatic nitrogens is 3. The number of nitrogens with two attached hydrogens (primary N) is 1. The van der Waals surface area contributed by atoms with Gasteiger partial charge in [-0.25, -0.2) is 4.68 Å². The summed E-state index contributed by atoms with van der Waals surface area (Å²) < 4.78 is 12.6. The fourth-order valence-electron chi connectivity index (χ4n) is 3.86. The molecule has 5 rings (SSSR count). The van der Waals surface area contributed by atoms with Gasteiger partial charge in [0.2, 0.25) is 18.6 Å². The van der Waals surface area contributed by atoms with E-state index in [0.717, 1.165) is 16.7 Å². The smallest absolute Gasteiger partial charge is 0.248 e. The van der Waals surface area contributed by atoms with Crippen molar-refractivity contribution in [2.24, 2.45) is 5.73 Å². The minimum Gasteiger partial charge on any atom is -0.454 e. The van der Waals surface area contributed by atoms with Gasteiger partial charge in [-0.05, 0) is 55.7 Å². The van der Waals surface area contributed by atoms with Crippen molar-refractivity contribution in [3.05, 3.63) is 64.4 Å². The summed E-state index contributed by atoms with van der Waals surface area (Å²) in [5.41, 5.74) is 10.9. The Morgan fingerprint density at radius 2 is 1.90 bits per heavy atom. The lowest BCUT2D eigenvalue weighted by Crippen LogP contribution is -2.31. The molecule has 3 N–H and O–H groups in total. The highest BCUT2D eigenvalue weighted by molar-refractivity contribution is 5.95. The third kappa shape index (κ3) is 2.80. The van der Waals surface area contributed by atoms with Crippen molar-refractivity contribution in [2.75, 3.05) is 12.1 Å². The number of amides is 1. The van der Waals surface area contributed by atoms with E-state index in [-0.39, 0.29) is 6.79 Å². The molecule has 152 valence electrons. The van der Waals surface area contributed by atoms with Crippen molar-refractivity contribution in [2.45, 2.75) is 26.8 Å². The van der Waals surface area contributed by atoms with Gasteiger partial charge in [-0.3, -0.25) is 4.79 Å². The Morgan fingerprint density at radius 1 is 1.10 bits per heavy atom. The Kier molecular flexibility index (Phi) is 4.02. The standard InChI is InChI=1S/C22H21N5O3/c1-11-4-5-15(8-12(11)2)21-25-22-24-13(3)18(20(23)28)19(27(22)26-21)14-6-7-16-17(9-14)30-10-29-16/h4-9,19H,10H2,1-3H3,(H2,23,28)(H,24,25,26). The van der Waals surface area contributed by atoms with Crippen LogP contribution in [0.4, 0.5) is 5.95 Å². The van der Waals surface area contributed by atoms with E-state index in [0.29, 0.717) is 34.5 Å². The van der Waals surface area contributed by atoms with Crippen molar-refractivity contribution >= 4 is 11.9 Å². The van der Waals surface area contributed by atoms with Crippen molar-refractivity contribution < 1.29 is 14.3 Å². The van der Waals surface area contributed by atoms with Crippen LogP contribution < -0.4 is 20.5 Å². The number of rotatable bonds is 3. The molecular formula is C22H21N5O3. The van der Waals surface area contributed by atoms with Gasteiger partial charge < -0.3 is 20.5 Å². The predicted octanol–water partition coefficient (Wildman–Crippen LogP) is 3.06. The van der Waals surface area contributed by atoms with Gasteiger partial charge in [0.15, 0.2) is 17.3 Å². The molecule has 0 fully saturated rings. The van der Waals surface area contributed by atoms with E-state index in [1.807, 2.05) is 37.3 Å². The highest BCUT2D eigenvalue weighted by atomic mass is 16.7. The third-order valence-electron chi connectivity index (χ3n) is 5.60. The molecule has 0 saturated carbocycles. The summed E-state index contributed by atoms with van der Waals surface area (Å²) in [5.74, 6) is 1.90. The van der Waals surface area contributed by atoms with Crippen molar-refractivity contribution in [1.82, 2.24) is 14.8 Å². The lowest BCUT2D eigenvalue weighted by Gasteiger charge is -2.27. The zero-order valence-corrected chi connectivity index (χ0v) is 16.9. The fraction of sp³-hybridized carbons (Fsp3) is 0.227. The number of nitrogens with zero attached hydrogens (tertiary/aromatic N) is 3. The molecule has 2 aliphatic heterocycles. The Labute approximate surface area is 173 Å². The van der Waals surface area contributed by atoms with Gasteiger partial charge in [-0.2, -0.15) is 4.98 Å². The first-order chi connectivity index (χ1) is 14.4. The van der Waals surface area contributed by atoms with Crippen molar-refractivity contribution in [3.63, 3.8) is 0 Å². The monoisotopic (exact) mass is 403 g/mol. The van der Waals surface area contributed by atoms with Crippen molar-refractivity contribution in [3.8, 4) is 22.9 Å². The zero-order valence-electron chi connectivity index (χ0n) is 16.9. The van der Waals surface area contributed by atoms with Gasteiger partial charge in [0.1, 0.15) is 6.04 Å². The maximum Gasteiger partial charge on any atom is 0.248 e.